The van der Waals surface area contributed by atoms with Crippen molar-refractivity contribution in [3.05, 3.63) is 0 Å². The predicted octanol–water partition coefficient (Wildman–Crippen LogP) is 0.568. The number of halogens is 2. The summed E-state index contributed by atoms with van der Waals surface area (Å²) in [6, 6.07) is -0.0414. The summed E-state index contributed by atoms with van der Waals surface area (Å²) in [6.07, 6.45) is 0.247. The van der Waals surface area contributed by atoms with Gasteiger partial charge in [0.15, 0.2) is 0 Å². The summed E-state index contributed by atoms with van der Waals surface area (Å²) in [7, 11) is 0. The first-order valence-electron chi connectivity index (χ1n) is 6.37. The van der Waals surface area contributed by atoms with E-state index in [2.05, 4.69) is 5.32 Å². The molecule has 1 aliphatic rings. The SMILES string of the molecule is CC(C)NC(=O)CCNC(=O)C(F)(F)C1(O)CCC1. The molecule has 0 aliphatic heterocycles. The monoisotopic (exact) mass is 278 g/mol. The van der Waals surface area contributed by atoms with E-state index in [1.54, 1.807) is 13.8 Å². The van der Waals surface area contributed by atoms with E-state index in [1.165, 1.54) is 0 Å². The quantitative estimate of drug-likeness (QED) is 0.664. The van der Waals surface area contributed by atoms with Gasteiger partial charge in [0, 0.05) is 19.0 Å². The van der Waals surface area contributed by atoms with Crippen molar-refractivity contribution in [1.82, 2.24) is 10.6 Å². The number of rotatable bonds is 6. The van der Waals surface area contributed by atoms with Gasteiger partial charge in [0.05, 0.1) is 0 Å². The normalized spacial score (nSPS) is 17.8. The van der Waals surface area contributed by atoms with E-state index in [4.69, 9.17) is 0 Å². The van der Waals surface area contributed by atoms with Crippen molar-refractivity contribution in [3.8, 4) is 0 Å². The van der Waals surface area contributed by atoms with E-state index >= 15 is 0 Å². The van der Waals surface area contributed by atoms with Crippen LogP contribution in [0.3, 0.4) is 0 Å². The third kappa shape index (κ3) is 3.62. The van der Waals surface area contributed by atoms with Gasteiger partial charge in [-0.15, -0.1) is 0 Å². The molecule has 5 nitrogen and oxygen atoms in total. The molecule has 0 atom stereocenters. The molecule has 0 aromatic heterocycles. The zero-order valence-electron chi connectivity index (χ0n) is 11.1. The molecule has 110 valence electrons. The van der Waals surface area contributed by atoms with E-state index in [9.17, 15) is 23.5 Å². The Morgan fingerprint density at radius 2 is 1.95 bits per heavy atom. The maximum atomic E-state index is 13.6. The van der Waals surface area contributed by atoms with Crippen LogP contribution in [0.2, 0.25) is 0 Å². The van der Waals surface area contributed by atoms with Gasteiger partial charge in [-0.05, 0) is 33.1 Å². The topological polar surface area (TPSA) is 78.4 Å². The summed E-state index contributed by atoms with van der Waals surface area (Å²) in [6.45, 7) is 3.37. The molecule has 7 heteroatoms. The zero-order valence-corrected chi connectivity index (χ0v) is 11.1. The van der Waals surface area contributed by atoms with E-state index in [0.29, 0.717) is 6.42 Å². The first-order valence-corrected chi connectivity index (χ1v) is 6.37. The molecule has 1 fully saturated rings. The number of aliphatic hydroxyl groups is 1. The van der Waals surface area contributed by atoms with Crippen molar-refractivity contribution in [2.45, 2.75) is 57.1 Å². The van der Waals surface area contributed by atoms with Crippen LogP contribution in [-0.2, 0) is 9.59 Å². The lowest BCUT2D eigenvalue weighted by Crippen LogP contribution is -2.60. The first-order chi connectivity index (χ1) is 8.69. The fourth-order valence-corrected chi connectivity index (χ4v) is 1.83. The Bertz CT molecular complexity index is 355. The number of carbonyl (C=O) groups excluding carboxylic acids is 2. The number of hydrogen-bond donors (Lipinski definition) is 3. The lowest BCUT2D eigenvalue weighted by molar-refractivity contribution is -0.215. The minimum atomic E-state index is -3.81. The van der Waals surface area contributed by atoms with E-state index in [0.717, 1.165) is 0 Å². The van der Waals surface area contributed by atoms with Crippen molar-refractivity contribution in [3.63, 3.8) is 0 Å². The summed E-state index contributed by atoms with van der Waals surface area (Å²) < 4.78 is 27.2. The van der Waals surface area contributed by atoms with Gasteiger partial charge in [-0.3, -0.25) is 9.59 Å². The number of amides is 2. The molecule has 0 bridgehead atoms. The van der Waals surface area contributed by atoms with Crippen LogP contribution in [0.4, 0.5) is 8.78 Å². The Morgan fingerprint density at radius 1 is 1.37 bits per heavy atom. The molecule has 0 aromatic carbocycles. The molecule has 19 heavy (non-hydrogen) atoms. The predicted molar refractivity (Wildman–Crippen MR) is 64.7 cm³/mol. The lowest BCUT2D eigenvalue weighted by Gasteiger charge is -2.41. The van der Waals surface area contributed by atoms with Crippen LogP contribution in [0.5, 0.6) is 0 Å². The van der Waals surface area contributed by atoms with Gasteiger partial charge in [0.25, 0.3) is 5.91 Å². The Balaban J connectivity index is 2.37. The molecule has 1 aliphatic carbocycles. The molecule has 0 unspecified atom stereocenters. The second-order valence-corrected chi connectivity index (χ2v) is 5.19. The van der Waals surface area contributed by atoms with Gasteiger partial charge in [-0.2, -0.15) is 8.78 Å². The largest absolute Gasteiger partial charge is 0.383 e. The van der Waals surface area contributed by atoms with Crippen LogP contribution in [0.25, 0.3) is 0 Å². The Kier molecular flexibility index (Phi) is 4.84. The molecule has 0 heterocycles. The summed E-state index contributed by atoms with van der Waals surface area (Å²) in [5.41, 5.74) is -2.22. The Morgan fingerprint density at radius 3 is 2.37 bits per heavy atom. The maximum absolute atomic E-state index is 13.6. The van der Waals surface area contributed by atoms with Crippen LogP contribution in [-0.4, -0.2) is 41.0 Å². The highest BCUT2D eigenvalue weighted by Crippen LogP contribution is 2.44. The molecule has 0 aromatic rings. The van der Waals surface area contributed by atoms with Crippen LogP contribution < -0.4 is 10.6 Å². The smallest absolute Gasteiger partial charge is 0.352 e. The summed E-state index contributed by atoms with van der Waals surface area (Å²) in [4.78, 5) is 22.6. The average molecular weight is 278 g/mol. The minimum absolute atomic E-state index is 0.0414. The third-order valence-corrected chi connectivity index (χ3v) is 3.14. The summed E-state index contributed by atoms with van der Waals surface area (Å²) in [5.74, 6) is -5.65. The van der Waals surface area contributed by atoms with Gasteiger partial charge >= 0.3 is 5.92 Å². The van der Waals surface area contributed by atoms with Crippen molar-refractivity contribution in [2.24, 2.45) is 0 Å². The van der Waals surface area contributed by atoms with Crippen molar-refractivity contribution < 1.29 is 23.5 Å². The van der Waals surface area contributed by atoms with Crippen LogP contribution >= 0.6 is 0 Å². The second kappa shape index (κ2) is 5.81. The Labute approximate surface area is 110 Å². The number of hydrogen-bond acceptors (Lipinski definition) is 3. The first kappa shape index (κ1) is 15.8. The van der Waals surface area contributed by atoms with Crippen LogP contribution in [0, 0.1) is 0 Å². The van der Waals surface area contributed by atoms with Crippen molar-refractivity contribution in [1.29, 1.82) is 0 Å². The summed E-state index contributed by atoms with van der Waals surface area (Å²) >= 11 is 0. The molecule has 0 radical (unpaired) electrons. The van der Waals surface area contributed by atoms with E-state index < -0.39 is 17.4 Å². The molecular formula is C12H20F2N2O3. The zero-order chi connectivity index (χ0) is 14.7. The van der Waals surface area contributed by atoms with Gasteiger partial charge in [-0.25, -0.2) is 0 Å². The Hall–Kier alpha value is -1.24. The third-order valence-electron chi connectivity index (χ3n) is 3.14. The highest BCUT2D eigenvalue weighted by molar-refractivity contribution is 5.85. The summed E-state index contributed by atoms with van der Waals surface area (Å²) in [5, 5.41) is 14.1. The van der Waals surface area contributed by atoms with E-state index in [1.807, 2.05) is 5.32 Å². The molecule has 2 amide bonds. The van der Waals surface area contributed by atoms with Crippen molar-refractivity contribution in [2.75, 3.05) is 6.54 Å². The average Bonchev–Trinajstić information content (AvgIpc) is 2.24. The van der Waals surface area contributed by atoms with Gasteiger partial charge in [0.1, 0.15) is 5.60 Å². The number of nitrogens with one attached hydrogen (secondary N) is 2. The van der Waals surface area contributed by atoms with Gasteiger partial charge in [0.2, 0.25) is 5.91 Å². The highest BCUT2D eigenvalue weighted by atomic mass is 19.3. The van der Waals surface area contributed by atoms with Crippen LogP contribution in [0.1, 0.15) is 39.5 Å². The molecule has 1 rings (SSSR count). The van der Waals surface area contributed by atoms with Crippen LogP contribution in [0.15, 0.2) is 0 Å². The van der Waals surface area contributed by atoms with E-state index in [-0.39, 0.29) is 37.8 Å². The maximum Gasteiger partial charge on any atom is 0.352 e. The molecule has 0 saturated heterocycles. The minimum Gasteiger partial charge on any atom is -0.383 e. The fourth-order valence-electron chi connectivity index (χ4n) is 1.83. The van der Waals surface area contributed by atoms with Gasteiger partial charge in [-0.1, -0.05) is 0 Å². The fraction of sp³-hybridized carbons (Fsp3) is 0.833. The molecule has 0 spiro atoms. The lowest BCUT2D eigenvalue weighted by atomic mass is 9.75. The number of carbonyl (C=O) groups is 2. The molecular weight excluding hydrogens is 258 g/mol. The molecule has 3 N–H and O–H groups in total. The second-order valence-electron chi connectivity index (χ2n) is 5.19. The standard InChI is InChI=1S/C12H20F2N2O3/c1-8(2)16-9(17)4-7-15-10(18)12(13,14)11(19)5-3-6-11/h8,19H,3-7H2,1-2H3,(H,15,18)(H,16,17). The number of alkyl halides is 2. The van der Waals surface area contributed by atoms with Gasteiger partial charge < -0.3 is 15.7 Å². The molecule has 1 saturated carbocycles. The van der Waals surface area contributed by atoms with Crippen molar-refractivity contribution >= 4 is 11.8 Å². The highest BCUT2D eigenvalue weighted by Gasteiger charge is 2.60.